The van der Waals surface area contributed by atoms with Gasteiger partial charge in [-0.1, -0.05) is 12.1 Å². The highest BCUT2D eigenvalue weighted by Crippen LogP contribution is 2.11. The predicted octanol–water partition coefficient (Wildman–Crippen LogP) is 1.31. The summed E-state index contributed by atoms with van der Waals surface area (Å²) >= 11 is 0. The molecule has 0 radical (unpaired) electrons. The highest BCUT2D eigenvalue weighted by molar-refractivity contribution is 6.11. The minimum absolute atomic E-state index is 0.0937. The van der Waals surface area contributed by atoms with Crippen molar-refractivity contribution in [3.63, 3.8) is 0 Å². The number of hydrogen-bond donors (Lipinski definition) is 0. The van der Waals surface area contributed by atoms with Crippen LogP contribution in [0.2, 0.25) is 0 Å². The summed E-state index contributed by atoms with van der Waals surface area (Å²) in [6.45, 7) is 0. The lowest BCUT2D eigenvalue weighted by Crippen LogP contribution is -2.38. The van der Waals surface area contributed by atoms with Gasteiger partial charge in [-0.2, -0.15) is 4.57 Å². The topological polar surface area (TPSA) is 56.5 Å². The van der Waals surface area contributed by atoms with Crippen LogP contribution in [0.25, 0.3) is 16.6 Å². The zero-order valence-electron chi connectivity index (χ0n) is 11.2. The van der Waals surface area contributed by atoms with Crippen molar-refractivity contribution in [1.29, 1.82) is 0 Å². The maximum absolute atomic E-state index is 11.9. The number of carbonyl (C=O) groups is 2. The predicted molar refractivity (Wildman–Crippen MR) is 72.4 cm³/mol. The Morgan fingerprint density at radius 2 is 1.75 bits per heavy atom. The number of pyridine rings is 1. The first-order chi connectivity index (χ1) is 9.67. The van der Waals surface area contributed by atoms with Crippen LogP contribution in [0.15, 0.2) is 48.7 Å². The van der Waals surface area contributed by atoms with Crippen LogP contribution in [-0.2, 0) is 19.1 Å². The SMILES string of the molecule is COC(=O)/C=C(\C(=O)OC)[n+]1cccc2ccccc21. The van der Waals surface area contributed by atoms with Gasteiger partial charge in [-0.15, -0.1) is 0 Å². The van der Waals surface area contributed by atoms with Crippen LogP contribution in [0.4, 0.5) is 0 Å². The van der Waals surface area contributed by atoms with E-state index in [0.29, 0.717) is 0 Å². The Labute approximate surface area is 116 Å². The van der Waals surface area contributed by atoms with Crippen LogP contribution < -0.4 is 4.57 Å². The summed E-state index contributed by atoms with van der Waals surface area (Å²) in [6.07, 6.45) is 2.80. The van der Waals surface area contributed by atoms with Gasteiger partial charge in [-0.25, -0.2) is 9.59 Å². The third-order valence-electron chi connectivity index (χ3n) is 2.82. The van der Waals surface area contributed by atoms with Gasteiger partial charge in [-0.3, -0.25) is 0 Å². The average molecular weight is 272 g/mol. The Bertz CT molecular complexity index is 686. The Morgan fingerprint density at radius 3 is 2.45 bits per heavy atom. The quantitative estimate of drug-likeness (QED) is 0.480. The molecule has 2 aromatic rings. The van der Waals surface area contributed by atoms with Crippen LogP contribution in [0.5, 0.6) is 0 Å². The molecule has 5 nitrogen and oxygen atoms in total. The summed E-state index contributed by atoms with van der Waals surface area (Å²) in [5.41, 5.74) is 0.881. The molecule has 0 spiro atoms. The molecule has 2 rings (SSSR count). The van der Waals surface area contributed by atoms with E-state index < -0.39 is 11.9 Å². The molecular formula is C15H14NO4+. The molecule has 0 amide bonds. The van der Waals surface area contributed by atoms with Crippen LogP contribution in [0.1, 0.15) is 0 Å². The number of aromatic nitrogens is 1. The molecule has 0 N–H and O–H groups in total. The number of para-hydroxylation sites is 1. The number of benzene rings is 1. The highest BCUT2D eigenvalue weighted by Gasteiger charge is 2.25. The van der Waals surface area contributed by atoms with Gasteiger partial charge in [0.2, 0.25) is 5.52 Å². The first-order valence-corrected chi connectivity index (χ1v) is 5.95. The van der Waals surface area contributed by atoms with Crippen molar-refractivity contribution < 1.29 is 23.6 Å². The van der Waals surface area contributed by atoms with Crippen molar-refractivity contribution in [3.05, 3.63) is 48.7 Å². The van der Waals surface area contributed by atoms with Crippen LogP contribution in [-0.4, -0.2) is 26.2 Å². The minimum atomic E-state index is -0.620. The smallest absolute Gasteiger partial charge is 0.404 e. The lowest BCUT2D eigenvalue weighted by atomic mass is 10.2. The summed E-state index contributed by atoms with van der Waals surface area (Å²) < 4.78 is 10.9. The van der Waals surface area contributed by atoms with E-state index in [9.17, 15) is 9.59 Å². The number of fused-ring (bicyclic) bond motifs is 1. The van der Waals surface area contributed by atoms with E-state index in [-0.39, 0.29) is 5.70 Å². The summed E-state index contributed by atoms with van der Waals surface area (Å²) in [5.74, 6) is -1.23. The van der Waals surface area contributed by atoms with Gasteiger partial charge in [0.25, 0.3) is 0 Å². The zero-order valence-corrected chi connectivity index (χ0v) is 11.2. The van der Waals surface area contributed by atoms with Gasteiger partial charge in [0, 0.05) is 17.5 Å². The largest absolute Gasteiger partial charge is 0.466 e. The summed E-state index contributed by atoms with van der Waals surface area (Å²) in [6, 6.07) is 11.2. The molecule has 0 aliphatic carbocycles. The monoisotopic (exact) mass is 272 g/mol. The second kappa shape index (κ2) is 5.97. The summed E-state index contributed by atoms with van der Waals surface area (Å²) in [5, 5.41) is 0.940. The van der Waals surface area contributed by atoms with Crippen molar-refractivity contribution in [1.82, 2.24) is 0 Å². The molecule has 0 aliphatic heterocycles. The number of ether oxygens (including phenoxy) is 2. The van der Waals surface area contributed by atoms with Crippen molar-refractivity contribution in [2.45, 2.75) is 0 Å². The van der Waals surface area contributed by atoms with Gasteiger partial charge in [0.15, 0.2) is 6.20 Å². The van der Waals surface area contributed by atoms with Gasteiger partial charge >= 0.3 is 17.6 Å². The van der Waals surface area contributed by atoms with E-state index in [1.165, 1.54) is 14.2 Å². The number of carbonyl (C=O) groups excluding carboxylic acids is 2. The third-order valence-corrected chi connectivity index (χ3v) is 2.82. The van der Waals surface area contributed by atoms with Crippen molar-refractivity contribution in [2.24, 2.45) is 0 Å². The average Bonchev–Trinajstić information content (AvgIpc) is 2.51. The molecule has 102 valence electrons. The number of nitrogens with zero attached hydrogens (tertiary/aromatic N) is 1. The molecule has 1 aromatic heterocycles. The molecule has 0 saturated heterocycles. The fourth-order valence-corrected chi connectivity index (χ4v) is 1.87. The van der Waals surface area contributed by atoms with Gasteiger partial charge in [0.05, 0.1) is 14.2 Å². The molecule has 0 saturated carbocycles. The molecule has 5 heteroatoms. The maximum Gasteiger partial charge on any atom is 0.404 e. The Hall–Kier alpha value is -2.69. The fraction of sp³-hybridized carbons (Fsp3) is 0.133. The standard InChI is InChI=1S/C15H14NO4/c1-19-14(17)10-13(15(18)20-2)16-9-5-7-11-6-3-4-8-12(11)16/h3-10H,1-2H3/q+1/b13-10+. The Kier molecular flexibility index (Phi) is 4.10. The van der Waals surface area contributed by atoms with Crippen molar-refractivity contribution in [3.8, 4) is 0 Å². The summed E-state index contributed by atoms with van der Waals surface area (Å²) in [7, 11) is 2.51. The van der Waals surface area contributed by atoms with Crippen LogP contribution in [0, 0.1) is 0 Å². The van der Waals surface area contributed by atoms with E-state index in [1.807, 2.05) is 30.3 Å². The van der Waals surface area contributed by atoms with E-state index in [0.717, 1.165) is 17.0 Å². The van der Waals surface area contributed by atoms with E-state index in [2.05, 4.69) is 4.74 Å². The highest BCUT2D eigenvalue weighted by atomic mass is 16.5. The molecule has 0 atom stereocenters. The molecular weight excluding hydrogens is 258 g/mol. The molecule has 0 fully saturated rings. The maximum atomic E-state index is 11.9. The zero-order chi connectivity index (χ0) is 14.5. The fourth-order valence-electron chi connectivity index (χ4n) is 1.87. The normalized spacial score (nSPS) is 11.2. The van der Waals surface area contributed by atoms with Gasteiger partial charge in [-0.05, 0) is 12.1 Å². The Balaban J connectivity index is 2.66. The Morgan fingerprint density at radius 1 is 1.05 bits per heavy atom. The van der Waals surface area contributed by atoms with E-state index >= 15 is 0 Å². The molecule has 20 heavy (non-hydrogen) atoms. The van der Waals surface area contributed by atoms with Gasteiger partial charge < -0.3 is 9.47 Å². The van der Waals surface area contributed by atoms with Crippen LogP contribution >= 0.6 is 0 Å². The second-order valence-corrected chi connectivity index (χ2v) is 3.98. The summed E-state index contributed by atoms with van der Waals surface area (Å²) in [4.78, 5) is 23.3. The first-order valence-electron chi connectivity index (χ1n) is 5.95. The molecule has 0 aliphatic rings. The minimum Gasteiger partial charge on any atom is -0.466 e. The number of esters is 2. The van der Waals surface area contributed by atoms with E-state index in [1.54, 1.807) is 16.8 Å². The van der Waals surface area contributed by atoms with E-state index in [4.69, 9.17) is 4.74 Å². The second-order valence-electron chi connectivity index (χ2n) is 3.98. The third kappa shape index (κ3) is 2.66. The first kappa shape index (κ1) is 13.7. The molecule has 0 bridgehead atoms. The van der Waals surface area contributed by atoms with Crippen molar-refractivity contribution in [2.75, 3.05) is 14.2 Å². The lowest BCUT2D eigenvalue weighted by Gasteiger charge is -2.03. The lowest BCUT2D eigenvalue weighted by molar-refractivity contribution is -0.549. The molecule has 1 heterocycles. The molecule has 0 unspecified atom stereocenters. The molecule has 1 aromatic carbocycles. The van der Waals surface area contributed by atoms with Gasteiger partial charge in [0.1, 0.15) is 6.08 Å². The number of methoxy groups -OCH3 is 2. The number of hydrogen-bond acceptors (Lipinski definition) is 4. The van der Waals surface area contributed by atoms with Crippen LogP contribution in [0.3, 0.4) is 0 Å². The number of rotatable bonds is 3. The van der Waals surface area contributed by atoms with Crippen molar-refractivity contribution >= 4 is 28.5 Å².